The largest absolute Gasteiger partial charge is 0.498 e. The molecule has 1 aromatic heterocycles. The highest BCUT2D eigenvalue weighted by atomic mass is 16.7. The van der Waals surface area contributed by atoms with Crippen LogP contribution in [-0.2, 0) is 20.6 Å². The molecule has 0 spiro atoms. The molecule has 0 radical (unpaired) electrons. The van der Waals surface area contributed by atoms with Crippen LogP contribution in [0.4, 0.5) is 0 Å². The van der Waals surface area contributed by atoms with Crippen molar-refractivity contribution < 1.29 is 14.0 Å². The quantitative estimate of drug-likeness (QED) is 0.803. The second kappa shape index (κ2) is 5.36. The molecule has 3 rings (SSSR count). The molecular weight excluding hydrogens is 279 g/mol. The number of hydrogen-bond acceptors (Lipinski definition) is 4. The molecule has 1 aromatic rings. The normalized spacial score (nSPS) is 30.7. The molecule has 2 aliphatic rings. The maximum Gasteiger partial charge on any atom is 0.498 e. The first kappa shape index (κ1) is 16.0. The molecule has 2 saturated heterocycles. The van der Waals surface area contributed by atoms with E-state index in [0.29, 0.717) is 0 Å². The van der Waals surface area contributed by atoms with E-state index in [-0.39, 0.29) is 23.9 Å². The maximum absolute atomic E-state index is 6.07. The molecular formula is C16H27BN2O3. The van der Waals surface area contributed by atoms with Gasteiger partial charge in [0.2, 0.25) is 0 Å². The van der Waals surface area contributed by atoms with Gasteiger partial charge >= 0.3 is 7.12 Å². The van der Waals surface area contributed by atoms with Crippen LogP contribution in [-0.4, -0.2) is 40.3 Å². The lowest BCUT2D eigenvalue weighted by Crippen LogP contribution is -2.41. The first-order valence-electron chi connectivity index (χ1n) is 8.23. The summed E-state index contributed by atoms with van der Waals surface area (Å²) in [5.41, 5.74) is 0.214. The van der Waals surface area contributed by atoms with Gasteiger partial charge in [-0.1, -0.05) is 0 Å². The van der Waals surface area contributed by atoms with E-state index in [1.165, 1.54) is 6.42 Å². The van der Waals surface area contributed by atoms with Gasteiger partial charge in [0.05, 0.1) is 23.3 Å². The average Bonchev–Trinajstić information content (AvgIpc) is 2.93. The molecule has 0 aliphatic carbocycles. The van der Waals surface area contributed by atoms with Crippen molar-refractivity contribution in [1.29, 1.82) is 0 Å². The average molecular weight is 306 g/mol. The lowest BCUT2D eigenvalue weighted by Gasteiger charge is -2.33. The highest BCUT2D eigenvalue weighted by Gasteiger charge is 2.52. The molecule has 1 atom stereocenters. The fourth-order valence-corrected chi connectivity index (χ4v) is 3.03. The zero-order valence-corrected chi connectivity index (χ0v) is 14.4. The Morgan fingerprint density at radius 2 is 1.82 bits per heavy atom. The van der Waals surface area contributed by atoms with Crippen molar-refractivity contribution in [3.05, 3.63) is 12.4 Å². The summed E-state index contributed by atoms with van der Waals surface area (Å²) < 4.78 is 20.0. The summed E-state index contributed by atoms with van der Waals surface area (Å²) in [6, 6.07) is 0. The van der Waals surface area contributed by atoms with Crippen LogP contribution in [0.1, 0.15) is 53.9 Å². The molecule has 0 saturated carbocycles. The summed E-state index contributed by atoms with van der Waals surface area (Å²) in [5.74, 6) is 0. The van der Waals surface area contributed by atoms with E-state index in [1.54, 1.807) is 0 Å². The number of hydrogen-bond donors (Lipinski definition) is 0. The summed E-state index contributed by atoms with van der Waals surface area (Å²) in [4.78, 5) is 0. The third-order valence-electron chi connectivity index (χ3n) is 5.23. The predicted octanol–water partition coefficient (Wildman–Crippen LogP) is 2.14. The molecule has 0 amide bonds. The third-order valence-corrected chi connectivity index (χ3v) is 5.23. The summed E-state index contributed by atoms with van der Waals surface area (Å²) in [6.45, 7) is 12.0. The Bertz CT molecular complexity index is 519. The summed E-state index contributed by atoms with van der Waals surface area (Å²) in [7, 11) is -0.348. The summed E-state index contributed by atoms with van der Waals surface area (Å²) in [5, 5.41) is 4.47. The monoisotopic (exact) mass is 306 g/mol. The van der Waals surface area contributed by atoms with Crippen LogP contribution in [0.25, 0.3) is 0 Å². The van der Waals surface area contributed by atoms with Crippen molar-refractivity contribution in [3.63, 3.8) is 0 Å². The van der Waals surface area contributed by atoms with Gasteiger partial charge in [-0.15, -0.1) is 0 Å². The van der Waals surface area contributed by atoms with Gasteiger partial charge in [0.15, 0.2) is 0 Å². The van der Waals surface area contributed by atoms with Crippen LogP contribution >= 0.6 is 0 Å². The van der Waals surface area contributed by atoms with Crippen molar-refractivity contribution in [1.82, 2.24) is 9.78 Å². The first-order valence-corrected chi connectivity index (χ1v) is 8.23. The SMILES string of the molecule is CC1(Cn2cc(B3OC(C)(C)C(C)(C)O3)cn2)CCCCO1. The molecule has 6 heteroatoms. The molecule has 0 N–H and O–H groups in total. The lowest BCUT2D eigenvalue weighted by molar-refractivity contribution is -0.0771. The molecule has 22 heavy (non-hydrogen) atoms. The second-order valence-electron chi connectivity index (χ2n) is 7.81. The zero-order valence-electron chi connectivity index (χ0n) is 14.4. The molecule has 0 aromatic carbocycles. The van der Waals surface area contributed by atoms with E-state index >= 15 is 0 Å². The minimum absolute atomic E-state index is 0.114. The van der Waals surface area contributed by atoms with Gasteiger partial charge < -0.3 is 14.0 Å². The fraction of sp³-hybridized carbons (Fsp3) is 0.812. The van der Waals surface area contributed by atoms with E-state index in [9.17, 15) is 0 Å². The van der Waals surface area contributed by atoms with E-state index in [1.807, 2.05) is 17.1 Å². The first-order chi connectivity index (χ1) is 10.2. The van der Waals surface area contributed by atoms with E-state index in [0.717, 1.165) is 31.5 Å². The maximum atomic E-state index is 6.07. The fourth-order valence-electron chi connectivity index (χ4n) is 3.03. The van der Waals surface area contributed by atoms with Crippen LogP contribution < -0.4 is 5.46 Å². The number of aromatic nitrogens is 2. The molecule has 2 fully saturated rings. The molecule has 2 aliphatic heterocycles. The van der Waals surface area contributed by atoms with E-state index < -0.39 is 0 Å². The standard InChI is InChI=1S/C16H27BN2O3/c1-14(2)15(3,4)22-17(21-14)13-10-18-19(11-13)12-16(5)8-6-7-9-20-16/h10-11H,6-9,12H2,1-5H3. The minimum atomic E-state index is -0.348. The van der Waals surface area contributed by atoms with Crippen molar-refractivity contribution >= 4 is 12.6 Å². The molecule has 0 bridgehead atoms. The van der Waals surface area contributed by atoms with Gasteiger partial charge in [-0.3, -0.25) is 4.68 Å². The predicted molar refractivity (Wildman–Crippen MR) is 86.2 cm³/mol. The Morgan fingerprint density at radius 3 is 2.41 bits per heavy atom. The second-order valence-corrected chi connectivity index (χ2v) is 7.81. The van der Waals surface area contributed by atoms with Gasteiger partial charge in [0, 0.05) is 24.5 Å². The molecule has 122 valence electrons. The Kier molecular flexibility index (Phi) is 3.90. The molecule has 5 nitrogen and oxygen atoms in total. The minimum Gasteiger partial charge on any atom is -0.399 e. The van der Waals surface area contributed by atoms with Crippen LogP contribution in [0.3, 0.4) is 0 Å². The van der Waals surface area contributed by atoms with Crippen molar-refractivity contribution in [2.45, 2.75) is 77.2 Å². The summed E-state index contributed by atoms with van der Waals surface area (Å²) >= 11 is 0. The lowest BCUT2D eigenvalue weighted by atomic mass is 9.82. The number of nitrogens with zero attached hydrogens (tertiary/aromatic N) is 2. The Balaban J connectivity index is 1.70. The van der Waals surface area contributed by atoms with Crippen LogP contribution in [0.2, 0.25) is 0 Å². The Hall–Kier alpha value is -0.845. The van der Waals surface area contributed by atoms with Crippen LogP contribution in [0.15, 0.2) is 12.4 Å². The van der Waals surface area contributed by atoms with Gasteiger partial charge in [-0.2, -0.15) is 5.10 Å². The molecule has 3 heterocycles. The Morgan fingerprint density at radius 1 is 1.14 bits per heavy atom. The number of rotatable bonds is 3. The van der Waals surface area contributed by atoms with Gasteiger partial charge in [0.25, 0.3) is 0 Å². The third kappa shape index (κ3) is 2.96. The van der Waals surface area contributed by atoms with E-state index in [2.05, 4.69) is 39.7 Å². The Labute approximate surface area is 133 Å². The van der Waals surface area contributed by atoms with Crippen molar-refractivity contribution in [2.75, 3.05) is 6.61 Å². The van der Waals surface area contributed by atoms with Gasteiger partial charge in [-0.05, 0) is 53.9 Å². The smallest absolute Gasteiger partial charge is 0.399 e. The van der Waals surface area contributed by atoms with E-state index in [4.69, 9.17) is 14.0 Å². The van der Waals surface area contributed by atoms with Crippen LogP contribution in [0.5, 0.6) is 0 Å². The van der Waals surface area contributed by atoms with Gasteiger partial charge in [-0.25, -0.2) is 0 Å². The van der Waals surface area contributed by atoms with Crippen LogP contribution in [0, 0.1) is 0 Å². The summed E-state index contributed by atoms with van der Waals surface area (Å²) in [6.07, 6.45) is 7.33. The van der Waals surface area contributed by atoms with Crippen molar-refractivity contribution in [2.24, 2.45) is 0 Å². The highest BCUT2D eigenvalue weighted by molar-refractivity contribution is 6.61. The number of ether oxygens (including phenoxy) is 1. The van der Waals surface area contributed by atoms with Gasteiger partial charge in [0.1, 0.15) is 0 Å². The topological polar surface area (TPSA) is 45.5 Å². The van der Waals surface area contributed by atoms with Crippen molar-refractivity contribution in [3.8, 4) is 0 Å². The molecule has 1 unspecified atom stereocenters. The zero-order chi connectivity index (χ0) is 16.0. The highest BCUT2D eigenvalue weighted by Crippen LogP contribution is 2.36.